The third-order valence-electron chi connectivity index (χ3n) is 9.14. The van der Waals surface area contributed by atoms with Gasteiger partial charge < -0.3 is 9.59 Å². The van der Waals surface area contributed by atoms with Gasteiger partial charge in [-0.1, -0.05) is 97.1 Å². The van der Waals surface area contributed by atoms with Crippen molar-refractivity contribution in [1.82, 2.24) is 0 Å². The van der Waals surface area contributed by atoms with E-state index in [9.17, 15) is 9.59 Å². The van der Waals surface area contributed by atoms with Crippen molar-refractivity contribution in [2.45, 2.75) is 63.2 Å². The van der Waals surface area contributed by atoms with Gasteiger partial charge in [0.2, 0.25) is 0 Å². The van der Waals surface area contributed by atoms with Crippen LogP contribution in [0.15, 0.2) is 97.1 Å². The SMILES string of the molecule is CC(=O)CCC1(CCC2(CCC(C)=O)c3ccccc3-c3ccccc32)c2ccccc2-c2ccccc21. The number of rotatable bonds is 9. The Morgan fingerprint density at radius 1 is 0.447 bits per heavy atom. The zero-order chi connectivity index (χ0) is 26.3. The molecule has 0 saturated carbocycles. The molecule has 0 atom stereocenters. The molecule has 0 saturated heterocycles. The lowest BCUT2D eigenvalue weighted by Crippen LogP contribution is -2.33. The number of carbonyl (C=O) groups is 2. The maximum atomic E-state index is 12.4. The summed E-state index contributed by atoms with van der Waals surface area (Å²) in [6.45, 7) is 3.41. The molecule has 190 valence electrons. The van der Waals surface area contributed by atoms with E-state index in [1.807, 2.05) is 0 Å². The Balaban J connectivity index is 1.52. The average molecular weight is 499 g/mol. The minimum absolute atomic E-state index is 0.231. The Hall–Kier alpha value is -3.78. The van der Waals surface area contributed by atoms with E-state index in [0.717, 1.165) is 25.7 Å². The molecular formula is C36H34O2. The Bertz CT molecular complexity index is 1330. The van der Waals surface area contributed by atoms with Crippen molar-refractivity contribution in [3.05, 3.63) is 119 Å². The number of Topliss-reactive ketones (excluding diaryl/α,β-unsaturated/α-hetero) is 2. The first-order chi connectivity index (χ1) is 18.5. The summed E-state index contributed by atoms with van der Waals surface area (Å²) in [4.78, 5) is 24.7. The second kappa shape index (κ2) is 9.51. The normalized spacial score (nSPS) is 15.3. The maximum Gasteiger partial charge on any atom is 0.129 e. The third kappa shape index (κ3) is 3.77. The summed E-state index contributed by atoms with van der Waals surface area (Å²) in [5.74, 6) is 0.461. The summed E-state index contributed by atoms with van der Waals surface area (Å²) in [7, 11) is 0. The van der Waals surface area contributed by atoms with E-state index in [4.69, 9.17) is 0 Å². The van der Waals surface area contributed by atoms with E-state index in [0.29, 0.717) is 12.8 Å². The molecule has 0 spiro atoms. The maximum absolute atomic E-state index is 12.4. The number of fused-ring (bicyclic) bond motifs is 6. The molecule has 4 aromatic carbocycles. The van der Waals surface area contributed by atoms with E-state index < -0.39 is 0 Å². The first-order valence-corrected chi connectivity index (χ1v) is 13.8. The lowest BCUT2D eigenvalue weighted by molar-refractivity contribution is -0.118. The average Bonchev–Trinajstić information content (AvgIpc) is 3.38. The standard InChI is InChI=1S/C36H34O2/c1-25(37)19-21-35(31-15-7-3-11-27(31)28-12-4-8-16-32(28)35)23-24-36(22-20-26(2)38)33-17-9-5-13-29(33)30-14-6-10-18-34(30)36/h3-18H,19-24H2,1-2H3. The van der Waals surface area contributed by atoms with Gasteiger partial charge in [0.05, 0.1) is 0 Å². The summed E-state index contributed by atoms with van der Waals surface area (Å²) < 4.78 is 0. The van der Waals surface area contributed by atoms with Crippen molar-refractivity contribution in [2.75, 3.05) is 0 Å². The van der Waals surface area contributed by atoms with Crippen molar-refractivity contribution in [2.24, 2.45) is 0 Å². The summed E-state index contributed by atoms with van der Waals surface area (Å²) in [5.41, 5.74) is 10.0. The van der Waals surface area contributed by atoms with E-state index >= 15 is 0 Å². The Morgan fingerprint density at radius 3 is 0.974 bits per heavy atom. The van der Waals surface area contributed by atoms with Crippen LogP contribution in [-0.4, -0.2) is 11.6 Å². The molecule has 0 unspecified atom stereocenters. The molecule has 2 nitrogen and oxygen atoms in total. The van der Waals surface area contributed by atoms with Gasteiger partial charge in [-0.3, -0.25) is 0 Å². The largest absolute Gasteiger partial charge is 0.300 e. The van der Waals surface area contributed by atoms with E-state index in [-0.39, 0.29) is 22.4 Å². The quantitative estimate of drug-likeness (QED) is 0.232. The topological polar surface area (TPSA) is 34.1 Å². The Kier molecular flexibility index (Phi) is 6.14. The van der Waals surface area contributed by atoms with Crippen LogP contribution in [0.25, 0.3) is 22.3 Å². The summed E-state index contributed by atoms with van der Waals surface area (Å²) in [6.07, 6.45) is 4.52. The van der Waals surface area contributed by atoms with Crippen LogP contribution < -0.4 is 0 Å². The van der Waals surface area contributed by atoms with Gasteiger partial charge in [0.15, 0.2) is 0 Å². The van der Waals surface area contributed by atoms with E-state index in [2.05, 4.69) is 97.1 Å². The molecule has 2 heteroatoms. The zero-order valence-corrected chi connectivity index (χ0v) is 22.3. The lowest BCUT2D eigenvalue weighted by Gasteiger charge is -2.38. The molecule has 4 aromatic rings. The molecular weight excluding hydrogens is 464 g/mol. The van der Waals surface area contributed by atoms with E-state index in [1.165, 1.54) is 44.5 Å². The van der Waals surface area contributed by atoms with Gasteiger partial charge in [0, 0.05) is 23.7 Å². The van der Waals surface area contributed by atoms with Gasteiger partial charge in [-0.25, -0.2) is 0 Å². The number of hydrogen-bond acceptors (Lipinski definition) is 2. The molecule has 0 aromatic heterocycles. The van der Waals surface area contributed by atoms with Gasteiger partial charge in [0.1, 0.15) is 11.6 Å². The van der Waals surface area contributed by atoms with Crippen molar-refractivity contribution >= 4 is 11.6 Å². The van der Waals surface area contributed by atoms with Gasteiger partial charge in [-0.2, -0.15) is 0 Å². The minimum Gasteiger partial charge on any atom is -0.300 e. The number of carbonyl (C=O) groups excluding carboxylic acids is 2. The first-order valence-electron chi connectivity index (χ1n) is 13.8. The molecule has 38 heavy (non-hydrogen) atoms. The highest BCUT2D eigenvalue weighted by molar-refractivity contribution is 5.84. The van der Waals surface area contributed by atoms with Gasteiger partial charge in [0.25, 0.3) is 0 Å². The van der Waals surface area contributed by atoms with Crippen molar-refractivity contribution < 1.29 is 9.59 Å². The minimum atomic E-state index is -0.242. The second-order valence-corrected chi connectivity index (χ2v) is 11.3. The van der Waals surface area contributed by atoms with Crippen molar-refractivity contribution in [3.63, 3.8) is 0 Å². The Labute approximate surface area is 225 Å². The molecule has 0 N–H and O–H groups in total. The first kappa shape index (κ1) is 24.6. The molecule has 0 radical (unpaired) electrons. The highest BCUT2D eigenvalue weighted by Crippen LogP contribution is 2.58. The number of benzene rings is 4. The molecule has 0 fully saturated rings. The molecule has 2 aliphatic carbocycles. The second-order valence-electron chi connectivity index (χ2n) is 11.3. The fraction of sp³-hybridized carbons (Fsp3) is 0.278. The third-order valence-corrected chi connectivity index (χ3v) is 9.14. The number of ketones is 2. The molecule has 0 heterocycles. The van der Waals surface area contributed by atoms with Gasteiger partial charge in [-0.15, -0.1) is 0 Å². The summed E-state index contributed by atoms with van der Waals surface area (Å²) in [6, 6.07) is 35.0. The lowest BCUT2D eigenvalue weighted by atomic mass is 9.64. The van der Waals surface area contributed by atoms with Crippen LogP contribution in [0.1, 0.15) is 74.6 Å². The fourth-order valence-corrected chi connectivity index (χ4v) is 7.36. The van der Waals surface area contributed by atoms with Crippen LogP contribution in [0.5, 0.6) is 0 Å². The van der Waals surface area contributed by atoms with Gasteiger partial charge in [-0.05, 0) is 84.0 Å². The van der Waals surface area contributed by atoms with E-state index in [1.54, 1.807) is 13.8 Å². The molecule has 6 rings (SSSR count). The van der Waals surface area contributed by atoms with Crippen LogP contribution in [0.4, 0.5) is 0 Å². The zero-order valence-electron chi connectivity index (χ0n) is 22.3. The predicted molar refractivity (Wildman–Crippen MR) is 154 cm³/mol. The predicted octanol–water partition coefficient (Wildman–Crippen LogP) is 8.44. The van der Waals surface area contributed by atoms with Crippen LogP contribution in [-0.2, 0) is 20.4 Å². The van der Waals surface area contributed by atoms with Crippen LogP contribution in [0.3, 0.4) is 0 Å². The van der Waals surface area contributed by atoms with Crippen LogP contribution in [0.2, 0.25) is 0 Å². The van der Waals surface area contributed by atoms with Crippen LogP contribution in [0, 0.1) is 0 Å². The van der Waals surface area contributed by atoms with Crippen molar-refractivity contribution in [1.29, 1.82) is 0 Å². The highest BCUT2D eigenvalue weighted by atomic mass is 16.1. The molecule has 2 aliphatic rings. The summed E-state index contributed by atoms with van der Waals surface area (Å²) in [5, 5.41) is 0. The van der Waals surface area contributed by atoms with Crippen molar-refractivity contribution in [3.8, 4) is 22.3 Å². The Morgan fingerprint density at radius 2 is 0.711 bits per heavy atom. The van der Waals surface area contributed by atoms with Gasteiger partial charge >= 0.3 is 0 Å². The highest BCUT2D eigenvalue weighted by Gasteiger charge is 2.48. The molecule has 0 amide bonds. The summed E-state index contributed by atoms with van der Waals surface area (Å²) >= 11 is 0. The monoisotopic (exact) mass is 498 g/mol. The molecule has 0 bridgehead atoms. The fourth-order valence-electron chi connectivity index (χ4n) is 7.36. The smallest absolute Gasteiger partial charge is 0.129 e. The number of hydrogen-bond donors (Lipinski definition) is 0. The van der Waals surface area contributed by atoms with Crippen LogP contribution >= 0.6 is 0 Å². The molecule has 0 aliphatic heterocycles.